The number of unbranched alkanes of at least 4 members (excludes halogenated alkanes) is 1. The van der Waals surface area contributed by atoms with Crippen molar-refractivity contribution in [3.05, 3.63) is 65.7 Å². The van der Waals surface area contributed by atoms with Crippen molar-refractivity contribution >= 4 is 6.09 Å². The van der Waals surface area contributed by atoms with E-state index in [1.165, 1.54) is 0 Å². The summed E-state index contributed by atoms with van der Waals surface area (Å²) in [6.07, 6.45) is 2.11. The van der Waals surface area contributed by atoms with Gasteiger partial charge in [0.2, 0.25) is 0 Å². The van der Waals surface area contributed by atoms with Crippen LogP contribution in [0.3, 0.4) is 0 Å². The van der Waals surface area contributed by atoms with Crippen molar-refractivity contribution in [3.8, 4) is 5.75 Å². The van der Waals surface area contributed by atoms with Crippen LogP contribution in [-0.4, -0.2) is 39.3 Å². The van der Waals surface area contributed by atoms with Crippen molar-refractivity contribution < 1.29 is 24.1 Å². The Morgan fingerprint density at radius 2 is 1.71 bits per heavy atom. The molecule has 1 fully saturated rings. The second-order valence-electron chi connectivity index (χ2n) is 10.6. The molecule has 2 aromatic carbocycles. The SMILES string of the molecule is CCCC[C@]1(Cc2ccccc2)[C@H](OCc2ccc(O)cc2)OC(C)(C)N1C(=O)OC(C)(C)C. The predicted molar refractivity (Wildman–Crippen MR) is 132 cm³/mol. The molecule has 1 amide bonds. The maximum Gasteiger partial charge on any atom is 0.413 e. The molecule has 2 atom stereocenters. The number of aromatic hydroxyl groups is 1. The minimum atomic E-state index is -0.926. The first-order chi connectivity index (χ1) is 16.0. The van der Waals surface area contributed by atoms with Crippen LogP contribution in [0.5, 0.6) is 5.75 Å². The van der Waals surface area contributed by atoms with E-state index in [2.05, 4.69) is 19.1 Å². The zero-order valence-corrected chi connectivity index (χ0v) is 21.3. The van der Waals surface area contributed by atoms with Gasteiger partial charge < -0.3 is 19.3 Å². The number of hydrogen-bond donors (Lipinski definition) is 1. The van der Waals surface area contributed by atoms with Crippen LogP contribution in [0, 0.1) is 0 Å². The Bertz CT molecular complexity index is 936. The number of rotatable bonds is 8. The Balaban J connectivity index is 2.03. The van der Waals surface area contributed by atoms with Crippen LogP contribution in [0.2, 0.25) is 0 Å². The van der Waals surface area contributed by atoms with E-state index in [1.807, 2.05) is 65.0 Å². The van der Waals surface area contributed by atoms with Gasteiger partial charge in [0.05, 0.1) is 6.61 Å². The van der Waals surface area contributed by atoms with Gasteiger partial charge in [-0.05, 0) is 64.3 Å². The molecule has 1 aliphatic rings. The number of phenols is 1. The molecular weight excluding hydrogens is 430 g/mol. The summed E-state index contributed by atoms with van der Waals surface area (Å²) in [7, 11) is 0. The molecule has 0 bridgehead atoms. The molecule has 1 aliphatic heterocycles. The van der Waals surface area contributed by atoms with Crippen LogP contribution in [-0.2, 0) is 27.2 Å². The van der Waals surface area contributed by atoms with Crippen LogP contribution in [0.4, 0.5) is 4.79 Å². The molecule has 1 saturated heterocycles. The van der Waals surface area contributed by atoms with Gasteiger partial charge >= 0.3 is 6.09 Å². The van der Waals surface area contributed by atoms with Crippen molar-refractivity contribution in [1.29, 1.82) is 0 Å². The van der Waals surface area contributed by atoms with Crippen LogP contribution < -0.4 is 0 Å². The number of phenolic OH excluding ortho intramolecular Hbond substituents is 1. The lowest BCUT2D eigenvalue weighted by atomic mass is 9.83. The molecule has 0 aliphatic carbocycles. The van der Waals surface area contributed by atoms with E-state index in [4.69, 9.17) is 14.2 Å². The quantitative estimate of drug-likeness (QED) is 0.484. The highest BCUT2D eigenvalue weighted by Gasteiger charge is 2.61. The zero-order chi connectivity index (χ0) is 25.0. The average molecular weight is 470 g/mol. The first-order valence-corrected chi connectivity index (χ1v) is 12.1. The molecule has 0 aromatic heterocycles. The highest BCUT2D eigenvalue weighted by Crippen LogP contribution is 2.46. The number of carbonyl (C=O) groups is 1. The van der Waals surface area contributed by atoms with Gasteiger partial charge in [0.15, 0.2) is 6.29 Å². The lowest BCUT2D eigenvalue weighted by Crippen LogP contribution is -2.60. The van der Waals surface area contributed by atoms with Crippen LogP contribution >= 0.6 is 0 Å². The molecule has 2 aromatic rings. The summed E-state index contributed by atoms with van der Waals surface area (Å²) < 4.78 is 18.8. The monoisotopic (exact) mass is 469 g/mol. The molecule has 0 saturated carbocycles. The smallest absolute Gasteiger partial charge is 0.413 e. The van der Waals surface area contributed by atoms with E-state index in [9.17, 15) is 9.90 Å². The summed E-state index contributed by atoms with van der Waals surface area (Å²) in [5.41, 5.74) is -0.294. The van der Waals surface area contributed by atoms with Crippen molar-refractivity contribution in [2.45, 2.75) is 97.0 Å². The fraction of sp³-hybridized carbons (Fsp3) is 0.536. The van der Waals surface area contributed by atoms with Crippen molar-refractivity contribution in [2.24, 2.45) is 0 Å². The topological polar surface area (TPSA) is 68.2 Å². The lowest BCUT2D eigenvalue weighted by molar-refractivity contribution is -0.184. The van der Waals surface area contributed by atoms with Gasteiger partial charge in [0.1, 0.15) is 22.6 Å². The van der Waals surface area contributed by atoms with Gasteiger partial charge in [-0.2, -0.15) is 0 Å². The third kappa shape index (κ3) is 6.10. The lowest BCUT2D eigenvalue weighted by Gasteiger charge is -2.43. The van der Waals surface area contributed by atoms with Gasteiger partial charge in [-0.25, -0.2) is 4.79 Å². The summed E-state index contributed by atoms with van der Waals surface area (Å²) >= 11 is 0. The van der Waals surface area contributed by atoms with E-state index in [-0.39, 0.29) is 5.75 Å². The number of ether oxygens (including phenoxy) is 3. The van der Waals surface area contributed by atoms with Crippen molar-refractivity contribution in [1.82, 2.24) is 4.90 Å². The Labute approximate surface area is 203 Å². The molecule has 186 valence electrons. The van der Waals surface area contributed by atoms with Crippen LogP contribution in [0.15, 0.2) is 54.6 Å². The highest BCUT2D eigenvalue weighted by molar-refractivity contribution is 5.71. The van der Waals surface area contributed by atoms with E-state index in [1.54, 1.807) is 17.0 Å². The minimum absolute atomic E-state index is 0.208. The molecule has 3 rings (SSSR count). The number of amides is 1. The second-order valence-corrected chi connectivity index (χ2v) is 10.6. The standard InChI is InChI=1S/C28H39NO5/c1-7-8-18-28(19-21-12-10-9-11-13-21)24(32-20-22-14-16-23(30)17-15-22)33-27(5,6)29(28)25(31)34-26(2,3)4/h9-17,24,30H,7-8,18-20H2,1-6H3/t24-,28+/m1/s1. The number of carbonyl (C=O) groups excluding carboxylic acids is 1. The van der Waals surface area contributed by atoms with Gasteiger partial charge in [0, 0.05) is 6.42 Å². The Kier molecular flexibility index (Phi) is 7.94. The predicted octanol–water partition coefficient (Wildman–Crippen LogP) is 6.41. The molecule has 1 heterocycles. The van der Waals surface area contributed by atoms with E-state index < -0.39 is 29.2 Å². The molecule has 6 nitrogen and oxygen atoms in total. The Morgan fingerprint density at radius 3 is 2.29 bits per heavy atom. The van der Waals surface area contributed by atoms with Crippen molar-refractivity contribution in [2.75, 3.05) is 0 Å². The average Bonchev–Trinajstić information content (AvgIpc) is 2.97. The number of nitrogens with zero attached hydrogens (tertiary/aromatic N) is 1. The summed E-state index contributed by atoms with van der Waals surface area (Å²) in [4.78, 5) is 15.4. The van der Waals surface area contributed by atoms with E-state index in [0.29, 0.717) is 19.4 Å². The van der Waals surface area contributed by atoms with Gasteiger partial charge in [-0.3, -0.25) is 4.90 Å². The number of benzene rings is 2. The molecule has 0 unspecified atom stereocenters. The Hall–Kier alpha value is -2.57. The molecule has 0 radical (unpaired) electrons. The van der Waals surface area contributed by atoms with Crippen LogP contribution in [0.1, 0.15) is 71.9 Å². The van der Waals surface area contributed by atoms with Crippen molar-refractivity contribution in [3.63, 3.8) is 0 Å². The normalized spacial score (nSPS) is 22.1. The largest absolute Gasteiger partial charge is 0.508 e. The molecule has 6 heteroatoms. The first kappa shape index (κ1) is 26.0. The fourth-order valence-corrected chi connectivity index (χ4v) is 4.64. The number of hydrogen-bond acceptors (Lipinski definition) is 5. The van der Waals surface area contributed by atoms with Gasteiger partial charge in [-0.1, -0.05) is 62.2 Å². The molecular formula is C28H39NO5. The maximum absolute atomic E-state index is 13.6. The third-order valence-electron chi connectivity index (χ3n) is 6.05. The van der Waals surface area contributed by atoms with Gasteiger partial charge in [0.25, 0.3) is 0 Å². The summed E-state index contributed by atoms with van der Waals surface area (Å²) in [6, 6.07) is 17.1. The first-order valence-electron chi connectivity index (χ1n) is 12.1. The summed E-state index contributed by atoms with van der Waals surface area (Å²) in [5, 5.41) is 9.61. The molecule has 34 heavy (non-hydrogen) atoms. The molecule has 0 spiro atoms. The summed E-state index contributed by atoms with van der Waals surface area (Å²) in [6.45, 7) is 11.8. The summed E-state index contributed by atoms with van der Waals surface area (Å²) in [5.74, 6) is 0.208. The zero-order valence-electron chi connectivity index (χ0n) is 21.3. The minimum Gasteiger partial charge on any atom is -0.508 e. The Morgan fingerprint density at radius 1 is 1.06 bits per heavy atom. The molecule has 1 N–H and O–H groups in total. The van der Waals surface area contributed by atoms with E-state index >= 15 is 0 Å². The highest BCUT2D eigenvalue weighted by atomic mass is 16.7. The van der Waals surface area contributed by atoms with E-state index in [0.717, 1.165) is 24.0 Å². The maximum atomic E-state index is 13.6. The van der Waals surface area contributed by atoms with Crippen LogP contribution in [0.25, 0.3) is 0 Å². The second kappa shape index (κ2) is 10.4. The fourth-order valence-electron chi connectivity index (χ4n) is 4.64. The third-order valence-corrected chi connectivity index (χ3v) is 6.05. The van der Waals surface area contributed by atoms with Gasteiger partial charge in [-0.15, -0.1) is 0 Å².